The van der Waals surface area contributed by atoms with Crippen LogP contribution in [-0.4, -0.2) is 12.5 Å². The number of hydrogen-bond donors (Lipinski definition) is 1. The topological polar surface area (TPSA) is 29.1 Å². The van der Waals surface area contributed by atoms with E-state index in [1.54, 1.807) is 0 Å². The van der Waals surface area contributed by atoms with E-state index in [-0.39, 0.29) is 16.5 Å². The highest BCUT2D eigenvalue weighted by Crippen LogP contribution is 2.21. The Kier molecular flexibility index (Phi) is 5.34. The lowest BCUT2D eigenvalue weighted by Gasteiger charge is -2.16. The highest BCUT2D eigenvalue weighted by molar-refractivity contribution is 6.33. The van der Waals surface area contributed by atoms with Crippen LogP contribution in [0.4, 0.5) is 4.39 Å². The maximum atomic E-state index is 13.7. The second-order valence-electron chi connectivity index (χ2n) is 4.82. The summed E-state index contributed by atoms with van der Waals surface area (Å²) in [6.07, 6.45) is 0.884. The fraction of sp³-hybridized carbons (Fsp3) is 0.235. The molecule has 4 heteroatoms. The molecule has 1 unspecified atom stereocenters. The number of nitrogens with one attached hydrogen (secondary N) is 1. The van der Waals surface area contributed by atoms with E-state index in [0.29, 0.717) is 6.54 Å². The Labute approximate surface area is 128 Å². The predicted octanol–water partition coefficient (Wildman–Crippen LogP) is 4.40. The van der Waals surface area contributed by atoms with Crippen molar-refractivity contribution in [3.05, 3.63) is 70.5 Å². The van der Waals surface area contributed by atoms with Gasteiger partial charge in [-0.3, -0.25) is 4.79 Å². The molecule has 0 aliphatic rings. The van der Waals surface area contributed by atoms with Gasteiger partial charge in [0, 0.05) is 12.5 Å². The molecule has 0 heterocycles. The minimum Gasteiger partial charge on any atom is -0.351 e. The molecule has 0 aromatic heterocycles. The highest BCUT2D eigenvalue weighted by Gasteiger charge is 2.17. The lowest BCUT2D eigenvalue weighted by Crippen LogP contribution is -2.29. The Morgan fingerprint density at radius 1 is 1.19 bits per heavy atom. The molecule has 0 saturated heterocycles. The van der Waals surface area contributed by atoms with Gasteiger partial charge in [-0.2, -0.15) is 0 Å². The van der Waals surface area contributed by atoms with Gasteiger partial charge < -0.3 is 5.32 Å². The monoisotopic (exact) mass is 305 g/mol. The molecule has 110 valence electrons. The average molecular weight is 306 g/mol. The van der Waals surface area contributed by atoms with Crippen LogP contribution in [0.5, 0.6) is 0 Å². The number of carbonyl (C=O) groups is 1. The molecule has 1 atom stereocenters. The van der Waals surface area contributed by atoms with Crippen molar-refractivity contribution in [2.24, 2.45) is 0 Å². The quantitative estimate of drug-likeness (QED) is 0.871. The van der Waals surface area contributed by atoms with Gasteiger partial charge in [-0.25, -0.2) is 4.39 Å². The van der Waals surface area contributed by atoms with Crippen LogP contribution in [0.15, 0.2) is 48.5 Å². The Balaban J connectivity index is 2.07. The van der Waals surface area contributed by atoms with Crippen molar-refractivity contribution >= 4 is 17.5 Å². The van der Waals surface area contributed by atoms with E-state index in [9.17, 15) is 9.18 Å². The molecule has 0 aliphatic carbocycles. The molecule has 0 fully saturated rings. The van der Waals surface area contributed by atoms with Crippen LogP contribution in [0.2, 0.25) is 5.02 Å². The average Bonchev–Trinajstić information content (AvgIpc) is 2.49. The van der Waals surface area contributed by atoms with Crippen molar-refractivity contribution in [1.82, 2.24) is 5.32 Å². The number of benzene rings is 2. The fourth-order valence-corrected chi connectivity index (χ4v) is 2.49. The van der Waals surface area contributed by atoms with Crippen LogP contribution in [0, 0.1) is 5.82 Å². The predicted molar refractivity (Wildman–Crippen MR) is 83.2 cm³/mol. The summed E-state index contributed by atoms with van der Waals surface area (Å²) in [6, 6.07) is 14.2. The molecule has 2 nitrogen and oxygen atoms in total. The van der Waals surface area contributed by atoms with Gasteiger partial charge in [-0.05, 0) is 24.1 Å². The Hall–Kier alpha value is -1.87. The van der Waals surface area contributed by atoms with E-state index in [0.717, 1.165) is 12.0 Å². The standard InChI is InChI=1S/C17H17ClFNO/c1-2-12(13-7-4-3-5-8-13)11-20-17(21)16-14(18)9-6-10-15(16)19/h3-10,12H,2,11H2,1H3,(H,20,21). The van der Waals surface area contributed by atoms with Crippen molar-refractivity contribution in [2.45, 2.75) is 19.3 Å². The summed E-state index contributed by atoms with van der Waals surface area (Å²) in [4.78, 5) is 12.1. The number of amides is 1. The van der Waals surface area contributed by atoms with Crippen molar-refractivity contribution in [3.63, 3.8) is 0 Å². The Morgan fingerprint density at radius 3 is 2.52 bits per heavy atom. The summed E-state index contributed by atoms with van der Waals surface area (Å²) in [5.74, 6) is -0.888. The third-order valence-corrected chi connectivity index (χ3v) is 3.78. The van der Waals surface area contributed by atoms with Crippen molar-refractivity contribution < 1.29 is 9.18 Å². The minimum absolute atomic E-state index is 0.0953. The Bertz CT molecular complexity index is 595. The zero-order chi connectivity index (χ0) is 15.2. The largest absolute Gasteiger partial charge is 0.351 e. The molecule has 2 rings (SSSR count). The van der Waals surface area contributed by atoms with Crippen LogP contribution < -0.4 is 5.32 Å². The minimum atomic E-state index is -0.604. The van der Waals surface area contributed by atoms with Gasteiger partial charge in [0.1, 0.15) is 5.82 Å². The molecule has 21 heavy (non-hydrogen) atoms. The summed E-state index contributed by atoms with van der Waals surface area (Å²) < 4.78 is 13.7. The van der Waals surface area contributed by atoms with Gasteiger partial charge in [0.05, 0.1) is 10.6 Å². The first-order valence-electron chi connectivity index (χ1n) is 6.90. The highest BCUT2D eigenvalue weighted by atomic mass is 35.5. The molecule has 0 saturated carbocycles. The van der Waals surface area contributed by atoms with Gasteiger partial charge in [0.2, 0.25) is 0 Å². The summed E-state index contributed by atoms with van der Waals surface area (Å²) in [5, 5.41) is 2.89. The third kappa shape index (κ3) is 3.82. The van der Waals surface area contributed by atoms with E-state index >= 15 is 0 Å². The number of carbonyl (C=O) groups excluding carboxylic acids is 1. The van der Waals surface area contributed by atoms with Crippen molar-refractivity contribution in [3.8, 4) is 0 Å². The Morgan fingerprint density at radius 2 is 1.90 bits per heavy atom. The molecular weight excluding hydrogens is 289 g/mol. The maximum absolute atomic E-state index is 13.7. The van der Waals surface area contributed by atoms with Crippen molar-refractivity contribution in [1.29, 1.82) is 0 Å². The zero-order valence-electron chi connectivity index (χ0n) is 11.8. The van der Waals surface area contributed by atoms with E-state index in [2.05, 4.69) is 12.2 Å². The summed E-state index contributed by atoms with van der Waals surface area (Å²) in [7, 11) is 0. The molecule has 1 N–H and O–H groups in total. The molecule has 0 spiro atoms. The van der Waals surface area contributed by atoms with E-state index in [1.165, 1.54) is 18.2 Å². The third-order valence-electron chi connectivity index (χ3n) is 3.46. The van der Waals surface area contributed by atoms with E-state index < -0.39 is 11.7 Å². The van der Waals surface area contributed by atoms with Gasteiger partial charge in [0.25, 0.3) is 5.91 Å². The second kappa shape index (κ2) is 7.23. The maximum Gasteiger partial charge on any atom is 0.255 e. The fourth-order valence-electron chi connectivity index (χ4n) is 2.24. The molecule has 0 bridgehead atoms. The van der Waals surface area contributed by atoms with Crippen LogP contribution in [0.25, 0.3) is 0 Å². The van der Waals surface area contributed by atoms with Crippen LogP contribution in [0.3, 0.4) is 0 Å². The number of halogens is 2. The van der Waals surface area contributed by atoms with Crippen LogP contribution in [-0.2, 0) is 0 Å². The molecular formula is C17H17ClFNO. The molecule has 2 aromatic rings. The first-order valence-corrected chi connectivity index (χ1v) is 7.28. The van der Waals surface area contributed by atoms with Crippen molar-refractivity contribution in [2.75, 3.05) is 6.54 Å². The smallest absolute Gasteiger partial charge is 0.255 e. The van der Waals surface area contributed by atoms with Gasteiger partial charge in [-0.1, -0.05) is 54.9 Å². The van der Waals surface area contributed by atoms with Crippen LogP contribution >= 0.6 is 11.6 Å². The zero-order valence-corrected chi connectivity index (χ0v) is 12.5. The van der Waals surface area contributed by atoms with E-state index in [1.807, 2.05) is 30.3 Å². The number of hydrogen-bond acceptors (Lipinski definition) is 1. The lowest BCUT2D eigenvalue weighted by atomic mass is 9.96. The van der Waals surface area contributed by atoms with Gasteiger partial charge >= 0.3 is 0 Å². The summed E-state index contributed by atoms with van der Waals surface area (Å²) >= 11 is 5.89. The summed E-state index contributed by atoms with van der Waals surface area (Å²) in [6.45, 7) is 2.50. The lowest BCUT2D eigenvalue weighted by molar-refractivity contribution is 0.0947. The first-order chi connectivity index (χ1) is 10.1. The normalized spacial score (nSPS) is 12.0. The molecule has 0 aliphatic heterocycles. The summed E-state index contributed by atoms with van der Waals surface area (Å²) in [5.41, 5.74) is 1.06. The molecule has 0 radical (unpaired) electrons. The van der Waals surface area contributed by atoms with Crippen LogP contribution in [0.1, 0.15) is 35.2 Å². The molecule has 2 aromatic carbocycles. The second-order valence-corrected chi connectivity index (χ2v) is 5.23. The van der Waals surface area contributed by atoms with Gasteiger partial charge in [0.15, 0.2) is 0 Å². The first kappa shape index (κ1) is 15.5. The SMILES string of the molecule is CCC(CNC(=O)c1c(F)cccc1Cl)c1ccccc1. The number of rotatable bonds is 5. The van der Waals surface area contributed by atoms with Gasteiger partial charge in [-0.15, -0.1) is 0 Å². The molecule has 1 amide bonds. The van der Waals surface area contributed by atoms with E-state index in [4.69, 9.17) is 11.6 Å².